The molecule has 5 nitrogen and oxygen atoms in total. The van der Waals surface area contributed by atoms with Crippen LogP contribution < -0.4 is 19.5 Å². The molecule has 0 aliphatic carbocycles. The number of nitrogens with one attached hydrogen (secondary N) is 1. The SMILES string of the molecule is O=C(N[C@H]1CCCOc2c(F)cccc21)c1ccc2c(c1)OCCCO2. The van der Waals surface area contributed by atoms with Gasteiger partial charge in [-0.1, -0.05) is 12.1 Å². The number of hydrogen-bond donors (Lipinski definition) is 1. The Morgan fingerprint density at radius 1 is 1.00 bits per heavy atom. The van der Waals surface area contributed by atoms with Gasteiger partial charge in [-0.15, -0.1) is 0 Å². The molecule has 2 aromatic rings. The molecule has 1 N–H and O–H groups in total. The highest BCUT2D eigenvalue weighted by molar-refractivity contribution is 5.95. The summed E-state index contributed by atoms with van der Waals surface area (Å²) < 4.78 is 30.8. The number of amides is 1. The number of ether oxygens (including phenoxy) is 3. The molecule has 2 aliphatic rings. The van der Waals surface area contributed by atoms with E-state index in [-0.39, 0.29) is 17.7 Å². The first-order valence-electron chi connectivity index (χ1n) is 8.84. The normalized spacial score (nSPS) is 18.7. The molecule has 2 aromatic carbocycles. The van der Waals surface area contributed by atoms with Crippen molar-refractivity contribution in [2.75, 3.05) is 19.8 Å². The summed E-state index contributed by atoms with van der Waals surface area (Å²) in [5.41, 5.74) is 1.16. The molecule has 0 radical (unpaired) electrons. The van der Waals surface area contributed by atoms with Gasteiger partial charge in [-0.3, -0.25) is 4.79 Å². The number of para-hydroxylation sites is 1. The van der Waals surface area contributed by atoms with Gasteiger partial charge in [0.15, 0.2) is 23.1 Å². The zero-order valence-electron chi connectivity index (χ0n) is 14.3. The largest absolute Gasteiger partial charge is 0.490 e. The van der Waals surface area contributed by atoms with Crippen LogP contribution in [-0.2, 0) is 0 Å². The van der Waals surface area contributed by atoms with Crippen LogP contribution in [0.1, 0.15) is 41.2 Å². The minimum Gasteiger partial charge on any atom is -0.490 e. The Morgan fingerprint density at radius 3 is 2.69 bits per heavy atom. The van der Waals surface area contributed by atoms with E-state index in [1.165, 1.54) is 6.07 Å². The maximum Gasteiger partial charge on any atom is 0.251 e. The third kappa shape index (κ3) is 3.31. The molecule has 1 atom stereocenters. The minimum absolute atomic E-state index is 0.231. The van der Waals surface area contributed by atoms with Gasteiger partial charge in [0, 0.05) is 17.5 Å². The molecule has 0 saturated heterocycles. The van der Waals surface area contributed by atoms with E-state index in [9.17, 15) is 9.18 Å². The molecule has 2 aliphatic heterocycles. The van der Waals surface area contributed by atoms with Gasteiger partial charge in [-0.25, -0.2) is 4.39 Å². The highest BCUT2D eigenvalue weighted by Crippen LogP contribution is 2.34. The van der Waals surface area contributed by atoms with E-state index in [1.54, 1.807) is 30.3 Å². The van der Waals surface area contributed by atoms with Crippen LogP contribution in [0, 0.1) is 5.82 Å². The van der Waals surface area contributed by atoms with Crippen molar-refractivity contribution >= 4 is 5.91 Å². The van der Waals surface area contributed by atoms with Gasteiger partial charge in [0.1, 0.15) is 0 Å². The maximum absolute atomic E-state index is 14.0. The maximum atomic E-state index is 14.0. The zero-order chi connectivity index (χ0) is 17.9. The molecule has 0 aromatic heterocycles. The molecule has 2 heterocycles. The van der Waals surface area contributed by atoms with Crippen molar-refractivity contribution in [3.05, 3.63) is 53.3 Å². The fourth-order valence-electron chi connectivity index (χ4n) is 3.27. The van der Waals surface area contributed by atoms with Crippen LogP contribution in [-0.4, -0.2) is 25.7 Å². The van der Waals surface area contributed by atoms with Gasteiger partial charge < -0.3 is 19.5 Å². The summed E-state index contributed by atoms with van der Waals surface area (Å²) >= 11 is 0. The molecule has 4 rings (SSSR count). The second-order valence-corrected chi connectivity index (χ2v) is 6.39. The van der Waals surface area contributed by atoms with E-state index in [4.69, 9.17) is 14.2 Å². The van der Waals surface area contributed by atoms with Crippen LogP contribution >= 0.6 is 0 Å². The van der Waals surface area contributed by atoms with Crippen molar-refractivity contribution in [3.8, 4) is 17.2 Å². The van der Waals surface area contributed by atoms with Crippen molar-refractivity contribution in [1.82, 2.24) is 5.32 Å². The molecule has 136 valence electrons. The lowest BCUT2D eigenvalue weighted by molar-refractivity contribution is 0.0934. The highest BCUT2D eigenvalue weighted by Gasteiger charge is 2.24. The summed E-state index contributed by atoms with van der Waals surface area (Å²) in [6, 6.07) is 9.65. The predicted molar refractivity (Wildman–Crippen MR) is 93.4 cm³/mol. The standard InChI is InChI=1S/C20H20FNO4/c21-15-5-1-4-14-16(6-2-9-26-19(14)15)22-20(23)13-7-8-17-18(12-13)25-11-3-10-24-17/h1,4-5,7-8,12,16H,2-3,6,9-11H2,(H,22,23)/t16-/m0/s1. The number of rotatable bonds is 2. The summed E-state index contributed by atoms with van der Waals surface area (Å²) in [4.78, 5) is 12.7. The molecule has 1 amide bonds. The second-order valence-electron chi connectivity index (χ2n) is 6.39. The monoisotopic (exact) mass is 357 g/mol. The molecule has 0 fully saturated rings. The van der Waals surface area contributed by atoms with Gasteiger partial charge in [-0.2, -0.15) is 0 Å². The smallest absolute Gasteiger partial charge is 0.251 e. The Morgan fingerprint density at radius 2 is 1.81 bits per heavy atom. The molecule has 26 heavy (non-hydrogen) atoms. The van der Waals surface area contributed by atoms with Crippen molar-refractivity contribution < 1.29 is 23.4 Å². The Labute approximate surface area is 151 Å². The van der Waals surface area contributed by atoms with Crippen LogP contribution in [0.15, 0.2) is 36.4 Å². The Hall–Kier alpha value is -2.76. The lowest BCUT2D eigenvalue weighted by Crippen LogP contribution is -2.28. The Bertz CT molecular complexity index is 823. The van der Waals surface area contributed by atoms with Crippen molar-refractivity contribution in [3.63, 3.8) is 0 Å². The van der Waals surface area contributed by atoms with Crippen molar-refractivity contribution in [2.45, 2.75) is 25.3 Å². The first kappa shape index (κ1) is 16.7. The van der Waals surface area contributed by atoms with E-state index in [2.05, 4.69) is 5.32 Å². The molecule has 0 saturated carbocycles. The summed E-state index contributed by atoms with van der Waals surface area (Å²) in [6.07, 6.45) is 2.23. The third-order valence-electron chi connectivity index (χ3n) is 4.57. The summed E-state index contributed by atoms with van der Waals surface area (Å²) in [6.45, 7) is 1.60. The summed E-state index contributed by atoms with van der Waals surface area (Å²) in [5.74, 6) is 0.816. The quantitative estimate of drug-likeness (QED) is 0.892. The van der Waals surface area contributed by atoms with E-state index in [0.717, 1.165) is 12.8 Å². The fraction of sp³-hybridized carbons (Fsp3) is 0.350. The van der Waals surface area contributed by atoms with Gasteiger partial charge >= 0.3 is 0 Å². The summed E-state index contributed by atoms with van der Waals surface area (Å²) in [7, 11) is 0. The summed E-state index contributed by atoms with van der Waals surface area (Å²) in [5, 5.41) is 3.00. The van der Waals surface area contributed by atoms with E-state index < -0.39 is 5.82 Å². The minimum atomic E-state index is -0.403. The molecular formula is C20H20FNO4. The first-order valence-corrected chi connectivity index (χ1v) is 8.84. The molecule has 0 spiro atoms. The van der Waals surface area contributed by atoms with Crippen LogP contribution in [0.5, 0.6) is 17.2 Å². The van der Waals surface area contributed by atoms with Gasteiger partial charge in [-0.05, 0) is 37.1 Å². The second kappa shape index (κ2) is 7.23. The molecule has 6 heteroatoms. The number of benzene rings is 2. The average molecular weight is 357 g/mol. The molecular weight excluding hydrogens is 337 g/mol. The number of carbonyl (C=O) groups excluding carboxylic acids is 1. The van der Waals surface area contributed by atoms with Crippen molar-refractivity contribution in [1.29, 1.82) is 0 Å². The number of fused-ring (bicyclic) bond motifs is 2. The first-order chi connectivity index (χ1) is 12.7. The van der Waals surface area contributed by atoms with Crippen molar-refractivity contribution in [2.24, 2.45) is 0 Å². The predicted octanol–water partition coefficient (Wildman–Crippen LogP) is 3.63. The lowest BCUT2D eigenvalue weighted by Gasteiger charge is -2.19. The highest BCUT2D eigenvalue weighted by atomic mass is 19.1. The van der Waals surface area contributed by atoms with E-state index in [1.807, 2.05) is 0 Å². The number of hydrogen-bond acceptors (Lipinski definition) is 4. The van der Waals surface area contributed by atoms with Crippen LogP contribution in [0.3, 0.4) is 0 Å². The van der Waals surface area contributed by atoms with Crippen LogP contribution in [0.25, 0.3) is 0 Å². The molecule has 0 unspecified atom stereocenters. The van der Waals surface area contributed by atoms with E-state index >= 15 is 0 Å². The topological polar surface area (TPSA) is 56.8 Å². The van der Waals surface area contributed by atoms with Gasteiger partial charge in [0.05, 0.1) is 25.9 Å². The Balaban J connectivity index is 1.57. The van der Waals surface area contributed by atoms with Gasteiger partial charge in [0.25, 0.3) is 5.91 Å². The molecule has 0 bridgehead atoms. The number of halogens is 1. The van der Waals surface area contributed by atoms with E-state index in [0.29, 0.717) is 48.9 Å². The van der Waals surface area contributed by atoms with Gasteiger partial charge in [0.2, 0.25) is 0 Å². The zero-order valence-corrected chi connectivity index (χ0v) is 14.3. The van der Waals surface area contributed by atoms with Crippen LogP contribution in [0.4, 0.5) is 4.39 Å². The Kier molecular flexibility index (Phi) is 4.65. The average Bonchev–Trinajstić information content (AvgIpc) is 3.00. The number of carbonyl (C=O) groups is 1. The lowest BCUT2D eigenvalue weighted by atomic mass is 10.0. The van der Waals surface area contributed by atoms with Crippen LogP contribution in [0.2, 0.25) is 0 Å². The fourth-order valence-corrected chi connectivity index (χ4v) is 3.27. The third-order valence-corrected chi connectivity index (χ3v) is 4.57.